The molecule has 1 amide bonds. The van der Waals surface area contributed by atoms with Crippen LogP contribution in [0.3, 0.4) is 0 Å². The van der Waals surface area contributed by atoms with Crippen molar-refractivity contribution in [2.45, 2.75) is 0 Å². The van der Waals surface area contributed by atoms with Crippen LogP contribution in [0.15, 0.2) is 17.6 Å². The summed E-state index contributed by atoms with van der Waals surface area (Å²) in [6.07, 6.45) is 3.23. The highest BCUT2D eigenvalue weighted by Gasteiger charge is 1.93. The molecule has 0 radical (unpaired) electrons. The lowest BCUT2D eigenvalue weighted by molar-refractivity contribution is -0.118. The van der Waals surface area contributed by atoms with Gasteiger partial charge in [-0.2, -0.15) is 0 Å². The molecule has 0 spiro atoms. The number of rotatable bonds is 5. The quantitative estimate of drug-likeness (QED) is 0.340. The van der Waals surface area contributed by atoms with Gasteiger partial charge in [-0.1, -0.05) is 35.2 Å². The van der Waals surface area contributed by atoms with E-state index in [0.29, 0.717) is 17.5 Å². The molecule has 0 atom stereocenters. The summed E-state index contributed by atoms with van der Waals surface area (Å²) in [7, 11) is 0. The number of nitrogens with one attached hydrogen (secondary N) is 1. The maximum absolute atomic E-state index is 10.7. The third-order valence-corrected chi connectivity index (χ3v) is 1.59. The second-order valence-corrected chi connectivity index (χ2v) is 2.54. The summed E-state index contributed by atoms with van der Waals surface area (Å²) in [5.74, 6) is 0.0550. The molecule has 0 aliphatic rings. The lowest BCUT2D eigenvalue weighted by atomic mass is 10.6. The van der Waals surface area contributed by atoms with Crippen LogP contribution >= 0.6 is 22.6 Å². The fourth-order valence-electron chi connectivity index (χ4n) is 0.456. The summed E-state index contributed by atoms with van der Waals surface area (Å²) in [4.78, 5) is 14.6. The fraction of sp³-hybridized carbons (Fsp3) is 0.429. The molecule has 1 N–H and O–H groups in total. The van der Waals surface area contributed by atoms with Gasteiger partial charge < -0.3 is 5.32 Å². The van der Waals surface area contributed by atoms with Crippen LogP contribution in [-0.2, 0) is 4.79 Å². The van der Waals surface area contributed by atoms with Crippen molar-refractivity contribution >= 4 is 34.7 Å². The van der Waals surface area contributed by atoms with Crippen LogP contribution in [0.4, 0.5) is 0 Å². The first-order valence-electron chi connectivity index (χ1n) is 3.24. The van der Waals surface area contributed by atoms with E-state index < -0.39 is 0 Å². The topological polar surface area (TPSA) is 41.5 Å². The van der Waals surface area contributed by atoms with Gasteiger partial charge in [0.15, 0.2) is 0 Å². The molecule has 62 valence electrons. The van der Waals surface area contributed by atoms with Crippen molar-refractivity contribution in [3.05, 3.63) is 12.7 Å². The molecule has 11 heavy (non-hydrogen) atoms. The highest BCUT2D eigenvalue weighted by Crippen LogP contribution is 1.78. The molecule has 0 fully saturated rings. The molecule has 0 aromatic rings. The Morgan fingerprint density at radius 3 is 3.00 bits per heavy atom. The van der Waals surface area contributed by atoms with Gasteiger partial charge in [0.2, 0.25) is 5.91 Å². The highest BCUT2D eigenvalue weighted by molar-refractivity contribution is 14.1. The Morgan fingerprint density at radius 1 is 1.73 bits per heavy atom. The minimum atomic E-state index is 0.0550. The lowest BCUT2D eigenvalue weighted by Gasteiger charge is -1.97. The molecule has 0 aromatic heterocycles. The SMILES string of the molecule is C=C/C=N/CCNC(=O)CI. The molecule has 0 heterocycles. The Hall–Kier alpha value is -0.390. The van der Waals surface area contributed by atoms with Gasteiger partial charge in [0.05, 0.1) is 11.0 Å². The van der Waals surface area contributed by atoms with Crippen LogP contribution in [0.2, 0.25) is 0 Å². The van der Waals surface area contributed by atoms with Crippen molar-refractivity contribution in [1.82, 2.24) is 5.32 Å². The predicted molar refractivity (Wildman–Crippen MR) is 55.5 cm³/mol. The van der Waals surface area contributed by atoms with E-state index in [2.05, 4.69) is 16.9 Å². The van der Waals surface area contributed by atoms with Gasteiger partial charge >= 0.3 is 0 Å². The van der Waals surface area contributed by atoms with E-state index in [1.165, 1.54) is 0 Å². The largest absolute Gasteiger partial charge is 0.354 e. The molecule has 3 nitrogen and oxygen atoms in total. The Bertz CT molecular complexity index is 157. The van der Waals surface area contributed by atoms with E-state index in [0.717, 1.165) is 0 Å². The van der Waals surface area contributed by atoms with Crippen molar-refractivity contribution in [3.8, 4) is 0 Å². The minimum Gasteiger partial charge on any atom is -0.354 e. The molecule has 0 saturated heterocycles. The Balaban J connectivity index is 3.20. The van der Waals surface area contributed by atoms with Crippen LogP contribution in [0.5, 0.6) is 0 Å². The van der Waals surface area contributed by atoms with Crippen LogP contribution < -0.4 is 5.32 Å². The average Bonchev–Trinajstić information content (AvgIpc) is 2.04. The number of amides is 1. The van der Waals surface area contributed by atoms with E-state index in [9.17, 15) is 4.79 Å². The first-order valence-corrected chi connectivity index (χ1v) is 4.77. The van der Waals surface area contributed by atoms with Crippen molar-refractivity contribution in [2.24, 2.45) is 4.99 Å². The predicted octanol–water partition coefficient (Wildman–Crippen LogP) is 0.794. The summed E-state index contributed by atoms with van der Waals surface area (Å²) in [6.45, 7) is 4.69. The first kappa shape index (κ1) is 10.6. The van der Waals surface area contributed by atoms with E-state index in [-0.39, 0.29) is 5.91 Å². The number of carbonyl (C=O) groups is 1. The van der Waals surface area contributed by atoms with Crippen molar-refractivity contribution < 1.29 is 4.79 Å². The fourth-order valence-corrected chi connectivity index (χ4v) is 0.726. The minimum absolute atomic E-state index is 0.0550. The van der Waals surface area contributed by atoms with Gasteiger partial charge in [0, 0.05) is 12.8 Å². The summed E-state index contributed by atoms with van der Waals surface area (Å²) >= 11 is 2.02. The number of halogens is 1. The standard InChI is InChI=1S/C7H11IN2O/c1-2-3-9-4-5-10-7(11)6-8/h2-3H,1,4-6H2,(H,10,11)/b9-3+. The zero-order chi connectivity index (χ0) is 8.53. The van der Waals surface area contributed by atoms with Gasteiger partial charge in [0.25, 0.3) is 0 Å². The number of hydrogen-bond acceptors (Lipinski definition) is 2. The molecule has 0 aliphatic heterocycles. The Kier molecular flexibility index (Phi) is 7.44. The van der Waals surface area contributed by atoms with Gasteiger partial charge in [-0.15, -0.1) is 0 Å². The van der Waals surface area contributed by atoms with Crippen molar-refractivity contribution in [3.63, 3.8) is 0 Å². The second-order valence-electron chi connectivity index (χ2n) is 1.77. The average molecular weight is 266 g/mol. The van der Waals surface area contributed by atoms with Gasteiger partial charge in [-0.25, -0.2) is 0 Å². The zero-order valence-electron chi connectivity index (χ0n) is 6.22. The number of hydrogen-bond donors (Lipinski definition) is 1. The van der Waals surface area contributed by atoms with Crippen LogP contribution in [0.25, 0.3) is 0 Å². The summed E-state index contributed by atoms with van der Waals surface area (Å²) in [6, 6.07) is 0. The van der Waals surface area contributed by atoms with Crippen LogP contribution in [-0.4, -0.2) is 29.6 Å². The molecule has 0 aliphatic carbocycles. The van der Waals surface area contributed by atoms with E-state index in [4.69, 9.17) is 0 Å². The number of allylic oxidation sites excluding steroid dienone is 1. The molecule has 0 saturated carbocycles. The van der Waals surface area contributed by atoms with Crippen molar-refractivity contribution in [2.75, 3.05) is 17.5 Å². The molecule has 0 aromatic carbocycles. The van der Waals surface area contributed by atoms with Gasteiger partial charge in [-0.05, 0) is 0 Å². The molecule has 0 rings (SSSR count). The number of nitrogens with zero attached hydrogens (tertiary/aromatic N) is 1. The van der Waals surface area contributed by atoms with Gasteiger partial charge in [-0.3, -0.25) is 9.79 Å². The summed E-state index contributed by atoms with van der Waals surface area (Å²) in [5.41, 5.74) is 0. The number of aliphatic imine (C=N–C) groups is 1. The maximum atomic E-state index is 10.7. The molecule has 4 heteroatoms. The van der Waals surface area contributed by atoms with Crippen molar-refractivity contribution in [1.29, 1.82) is 0 Å². The number of alkyl halides is 1. The summed E-state index contributed by atoms with van der Waals surface area (Å²) < 4.78 is 0.503. The molecular weight excluding hydrogens is 255 g/mol. The third kappa shape index (κ3) is 7.51. The molecule has 0 unspecified atom stereocenters. The van der Waals surface area contributed by atoms with Crippen LogP contribution in [0, 0.1) is 0 Å². The zero-order valence-corrected chi connectivity index (χ0v) is 8.37. The maximum Gasteiger partial charge on any atom is 0.229 e. The molecule has 0 bridgehead atoms. The summed E-state index contributed by atoms with van der Waals surface area (Å²) in [5, 5.41) is 2.70. The van der Waals surface area contributed by atoms with Gasteiger partial charge in [0.1, 0.15) is 0 Å². The normalized spacial score (nSPS) is 9.91. The second kappa shape index (κ2) is 7.71. The molecular formula is C7H11IN2O. The van der Waals surface area contributed by atoms with E-state index >= 15 is 0 Å². The monoisotopic (exact) mass is 266 g/mol. The smallest absolute Gasteiger partial charge is 0.229 e. The van der Waals surface area contributed by atoms with E-state index in [1.54, 1.807) is 12.3 Å². The highest BCUT2D eigenvalue weighted by atomic mass is 127. The van der Waals surface area contributed by atoms with E-state index in [1.807, 2.05) is 22.6 Å². The third-order valence-electron chi connectivity index (χ3n) is 0.895. The Morgan fingerprint density at radius 2 is 2.45 bits per heavy atom. The number of carbonyl (C=O) groups excluding carboxylic acids is 1. The van der Waals surface area contributed by atoms with Crippen LogP contribution in [0.1, 0.15) is 0 Å². The first-order chi connectivity index (χ1) is 5.31. The lowest BCUT2D eigenvalue weighted by Crippen LogP contribution is -2.26. The Labute approximate surface area is 80.1 Å².